The summed E-state index contributed by atoms with van der Waals surface area (Å²) in [5, 5.41) is 2.41. The average Bonchev–Trinajstić information content (AvgIpc) is 2.44. The SMILES string of the molecule is CNC(=O)Oc1ccc(N(C)C(C)=S)c(OCC(C)C)c1. The van der Waals surface area contributed by atoms with E-state index in [2.05, 4.69) is 19.2 Å². The van der Waals surface area contributed by atoms with Gasteiger partial charge in [0.25, 0.3) is 0 Å². The molecular formula is C15H22N2O3S. The Morgan fingerprint density at radius 2 is 2.10 bits per heavy atom. The summed E-state index contributed by atoms with van der Waals surface area (Å²) in [7, 11) is 3.38. The van der Waals surface area contributed by atoms with Crippen LogP contribution in [-0.2, 0) is 0 Å². The van der Waals surface area contributed by atoms with Crippen LogP contribution in [0.4, 0.5) is 10.5 Å². The van der Waals surface area contributed by atoms with Gasteiger partial charge in [0.05, 0.1) is 17.3 Å². The van der Waals surface area contributed by atoms with Gasteiger partial charge >= 0.3 is 6.09 Å². The zero-order valence-corrected chi connectivity index (χ0v) is 13.9. The zero-order chi connectivity index (χ0) is 16.0. The van der Waals surface area contributed by atoms with Gasteiger partial charge in [-0.15, -0.1) is 0 Å². The zero-order valence-electron chi connectivity index (χ0n) is 13.1. The van der Waals surface area contributed by atoms with E-state index in [0.717, 1.165) is 10.7 Å². The molecule has 116 valence electrons. The molecule has 0 spiro atoms. The van der Waals surface area contributed by atoms with E-state index in [1.165, 1.54) is 7.05 Å². The molecule has 21 heavy (non-hydrogen) atoms. The van der Waals surface area contributed by atoms with Crippen LogP contribution in [0.3, 0.4) is 0 Å². The van der Waals surface area contributed by atoms with E-state index in [1.54, 1.807) is 12.1 Å². The fraction of sp³-hybridized carbons (Fsp3) is 0.467. The van der Waals surface area contributed by atoms with Gasteiger partial charge in [-0.25, -0.2) is 4.79 Å². The van der Waals surface area contributed by atoms with E-state index in [9.17, 15) is 4.79 Å². The maximum atomic E-state index is 11.3. The van der Waals surface area contributed by atoms with Gasteiger partial charge in [-0.1, -0.05) is 26.1 Å². The minimum Gasteiger partial charge on any atom is -0.491 e. The summed E-state index contributed by atoms with van der Waals surface area (Å²) in [6, 6.07) is 5.23. The summed E-state index contributed by atoms with van der Waals surface area (Å²) in [5.41, 5.74) is 0.840. The highest BCUT2D eigenvalue weighted by Crippen LogP contribution is 2.32. The quantitative estimate of drug-likeness (QED) is 0.846. The summed E-state index contributed by atoms with van der Waals surface area (Å²) >= 11 is 5.19. The second-order valence-electron chi connectivity index (χ2n) is 5.05. The van der Waals surface area contributed by atoms with Crippen LogP contribution in [0.25, 0.3) is 0 Å². The first-order valence-electron chi connectivity index (χ1n) is 6.75. The van der Waals surface area contributed by atoms with Gasteiger partial charge in [-0.05, 0) is 25.0 Å². The Kier molecular flexibility index (Phi) is 6.42. The molecule has 0 atom stereocenters. The van der Waals surface area contributed by atoms with Gasteiger partial charge in [0.1, 0.15) is 11.5 Å². The van der Waals surface area contributed by atoms with Crippen LogP contribution in [0.1, 0.15) is 20.8 Å². The van der Waals surface area contributed by atoms with E-state index in [1.807, 2.05) is 24.9 Å². The Hall–Kier alpha value is -1.82. The number of nitrogens with one attached hydrogen (secondary N) is 1. The van der Waals surface area contributed by atoms with Gasteiger partial charge in [-0.2, -0.15) is 0 Å². The largest absolute Gasteiger partial charge is 0.491 e. The fourth-order valence-corrected chi connectivity index (χ4v) is 1.63. The van der Waals surface area contributed by atoms with Crippen molar-refractivity contribution < 1.29 is 14.3 Å². The molecule has 1 aromatic rings. The van der Waals surface area contributed by atoms with Crippen molar-refractivity contribution in [2.75, 3.05) is 25.6 Å². The van der Waals surface area contributed by atoms with E-state index in [0.29, 0.717) is 24.0 Å². The minimum absolute atomic E-state index is 0.389. The monoisotopic (exact) mass is 310 g/mol. The fourth-order valence-electron chi connectivity index (χ4n) is 1.53. The predicted molar refractivity (Wildman–Crippen MR) is 88.5 cm³/mol. The molecule has 0 heterocycles. The van der Waals surface area contributed by atoms with Gasteiger partial charge in [0.15, 0.2) is 0 Å². The molecule has 0 unspecified atom stereocenters. The number of thiocarbonyl (C=S) groups is 1. The normalized spacial score (nSPS) is 10.2. The Morgan fingerprint density at radius 1 is 1.43 bits per heavy atom. The molecule has 0 bridgehead atoms. The third kappa shape index (κ3) is 5.23. The topological polar surface area (TPSA) is 50.8 Å². The number of amides is 1. The first-order chi connectivity index (χ1) is 9.85. The highest BCUT2D eigenvalue weighted by molar-refractivity contribution is 7.80. The summed E-state index contributed by atoms with van der Waals surface area (Å²) in [5.74, 6) is 1.45. The van der Waals surface area contributed by atoms with Crippen LogP contribution in [0.15, 0.2) is 18.2 Å². The number of carbonyl (C=O) groups is 1. The van der Waals surface area contributed by atoms with Crippen LogP contribution in [0.2, 0.25) is 0 Å². The number of rotatable bonds is 5. The molecular weight excluding hydrogens is 288 g/mol. The van der Waals surface area contributed by atoms with Crippen molar-refractivity contribution in [3.05, 3.63) is 18.2 Å². The first kappa shape index (κ1) is 17.2. The average molecular weight is 310 g/mol. The predicted octanol–water partition coefficient (Wildman–Crippen LogP) is 3.22. The molecule has 0 aromatic heterocycles. The Morgan fingerprint density at radius 3 is 2.62 bits per heavy atom. The van der Waals surface area contributed by atoms with Crippen LogP contribution in [-0.4, -0.2) is 31.8 Å². The molecule has 6 heteroatoms. The highest BCUT2D eigenvalue weighted by atomic mass is 32.1. The molecule has 1 N–H and O–H groups in total. The smallest absolute Gasteiger partial charge is 0.412 e. The molecule has 0 saturated carbocycles. The van der Waals surface area contributed by atoms with E-state index >= 15 is 0 Å². The van der Waals surface area contributed by atoms with Crippen molar-refractivity contribution in [3.63, 3.8) is 0 Å². The van der Waals surface area contributed by atoms with Gasteiger partial charge < -0.3 is 19.7 Å². The van der Waals surface area contributed by atoms with Crippen LogP contribution in [0.5, 0.6) is 11.5 Å². The lowest BCUT2D eigenvalue weighted by Gasteiger charge is -2.22. The Balaban J connectivity index is 3.06. The summed E-state index contributed by atoms with van der Waals surface area (Å²) in [6.07, 6.45) is -0.517. The second kappa shape index (κ2) is 7.83. The van der Waals surface area contributed by atoms with Crippen LogP contribution in [0, 0.1) is 5.92 Å². The molecule has 0 aliphatic heterocycles. The van der Waals surface area contributed by atoms with Crippen LogP contribution >= 0.6 is 12.2 Å². The highest BCUT2D eigenvalue weighted by Gasteiger charge is 2.13. The lowest BCUT2D eigenvalue weighted by Crippen LogP contribution is -2.23. The first-order valence-corrected chi connectivity index (χ1v) is 7.16. The lowest BCUT2D eigenvalue weighted by molar-refractivity contribution is 0.202. The van der Waals surface area contributed by atoms with E-state index < -0.39 is 6.09 Å². The van der Waals surface area contributed by atoms with Crippen molar-refractivity contribution in [2.24, 2.45) is 5.92 Å². The van der Waals surface area contributed by atoms with E-state index in [4.69, 9.17) is 21.7 Å². The maximum absolute atomic E-state index is 11.3. The number of carbonyl (C=O) groups excluding carboxylic acids is 1. The molecule has 1 amide bonds. The molecule has 0 aliphatic carbocycles. The molecule has 0 fully saturated rings. The minimum atomic E-state index is -0.517. The molecule has 0 saturated heterocycles. The standard InChI is InChI=1S/C15H22N2O3S/c1-10(2)9-19-14-8-12(20-15(18)16-4)6-7-13(14)17(5)11(3)21/h6-8,10H,9H2,1-5H3,(H,16,18). The number of hydrogen-bond donors (Lipinski definition) is 1. The second-order valence-corrected chi connectivity index (χ2v) is 5.64. The van der Waals surface area contributed by atoms with Crippen molar-refractivity contribution in [1.29, 1.82) is 0 Å². The molecule has 5 nitrogen and oxygen atoms in total. The van der Waals surface area contributed by atoms with Crippen molar-refractivity contribution in [2.45, 2.75) is 20.8 Å². The summed E-state index contributed by atoms with van der Waals surface area (Å²) in [4.78, 5) is 13.9. The van der Waals surface area contributed by atoms with Gasteiger partial charge in [0.2, 0.25) is 0 Å². The molecule has 0 aliphatic rings. The molecule has 1 rings (SSSR count). The van der Waals surface area contributed by atoms with E-state index in [-0.39, 0.29) is 0 Å². The van der Waals surface area contributed by atoms with Crippen molar-refractivity contribution >= 4 is 29.0 Å². The summed E-state index contributed by atoms with van der Waals surface area (Å²) < 4.78 is 10.9. The third-order valence-electron chi connectivity index (χ3n) is 2.75. The number of anilines is 1. The Bertz CT molecular complexity index is 518. The van der Waals surface area contributed by atoms with Crippen molar-refractivity contribution in [3.8, 4) is 11.5 Å². The summed E-state index contributed by atoms with van der Waals surface area (Å²) in [6.45, 7) is 6.55. The van der Waals surface area contributed by atoms with Gasteiger partial charge in [0, 0.05) is 20.2 Å². The number of hydrogen-bond acceptors (Lipinski definition) is 4. The maximum Gasteiger partial charge on any atom is 0.412 e. The van der Waals surface area contributed by atoms with Crippen molar-refractivity contribution in [1.82, 2.24) is 5.32 Å². The number of ether oxygens (including phenoxy) is 2. The number of nitrogens with zero attached hydrogens (tertiary/aromatic N) is 1. The van der Waals surface area contributed by atoms with Crippen LogP contribution < -0.4 is 19.7 Å². The van der Waals surface area contributed by atoms with Gasteiger partial charge in [-0.3, -0.25) is 0 Å². The number of benzene rings is 1. The molecule has 1 aromatic carbocycles. The third-order valence-corrected chi connectivity index (χ3v) is 3.03. The molecule has 0 radical (unpaired) electrons. The Labute approximate surface area is 131 Å². The lowest BCUT2D eigenvalue weighted by atomic mass is 10.2.